The van der Waals surface area contributed by atoms with Crippen LogP contribution in [-0.4, -0.2) is 35.3 Å². The summed E-state index contributed by atoms with van der Waals surface area (Å²) in [5.74, 6) is -0.166. The number of carbonyl (C=O) groups is 1. The second-order valence-corrected chi connectivity index (χ2v) is 5.26. The largest absolute Gasteiger partial charge is 0.497 e. The molecule has 0 saturated carbocycles. The molecule has 0 amide bonds. The van der Waals surface area contributed by atoms with Gasteiger partial charge < -0.3 is 26.0 Å². The van der Waals surface area contributed by atoms with Gasteiger partial charge in [0.1, 0.15) is 22.9 Å². The third-order valence-corrected chi connectivity index (χ3v) is 3.79. The number of ether oxygens (including phenoxy) is 2. The predicted octanol–water partition coefficient (Wildman–Crippen LogP) is 2.18. The van der Waals surface area contributed by atoms with Gasteiger partial charge in [-0.25, -0.2) is 9.78 Å². The monoisotopic (exact) mass is 340 g/mol. The Labute approximate surface area is 143 Å². The summed E-state index contributed by atoms with van der Waals surface area (Å²) in [6.07, 6.45) is 0. The molecule has 1 heterocycles. The van der Waals surface area contributed by atoms with E-state index in [9.17, 15) is 9.90 Å². The molecule has 1 aromatic heterocycles. The molecule has 0 aliphatic heterocycles. The van der Waals surface area contributed by atoms with Gasteiger partial charge in [-0.3, -0.25) is 0 Å². The van der Waals surface area contributed by atoms with Crippen molar-refractivity contribution in [2.45, 2.75) is 0 Å². The van der Waals surface area contributed by atoms with Crippen LogP contribution in [0.5, 0.6) is 11.5 Å². The lowest BCUT2D eigenvalue weighted by atomic mass is 9.99. The van der Waals surface area contributed by atoms with Crippen molar-refractivity contribution in [3.63, 3.8) is 0 Å². The van der Waals surface area contributed by atoms with Crippen molar-refractivity contribution in [1.29, 1.82) is 0 Å². The molecule has 0 saturated heterocycles. The van der Waals surface area contributed by atoms with Gasteiger partial charge in [0.25, 0.3) is 0 Å². The summed E-state index contributed by atoms with van der Waals surface area (Å²) in [6, 6.07) is 8.37. The molecule has 3 rings (SSSR count). The summed E-state index contributed by atoms with van der Waals surface area (Å²) in [7, 11) is 2.88. The first-order valence-corrected chi connectivity index (χ1v) is 7.27. The third kappa shape index (κ3) is 2.85. The van der Waals surface area contributed by atoms with E-state index in [1.165, 1.54) is 20.3 Å². The number of methoxy groups -OCH3 is 2. The lowest BCUT2D eigenvalue weighted by molar-refractivity contribution is 0.0693. The smallest absolute Gasteiger partial charge is 0.339 e. The minimum atomic E-state index is -1.12. The number of hydrogen-bond acceptors (Lipinski definition) is 7. The topological polar surface area (TPSA) is 134 Å². The first kappa shape index (κ1) is 16.3. The van der Waals surface area contributed by atoms with Gasteiger partial charge in [0.15, 0.2) is 0 Å². The number of rotatable bonds is 4. The number of nitrogen functional groups attached to an aromatic ring is 2. The molecule has 0 spiro atoms. The fraction of sp³-hybridized carbons (Fsp3) is 0.118. The number of nitrogens with zero attached hydrogens (tertiary/aromatic N) is 2. The van der Waals surface area contributed by atoms with Gasteiger partial charge in [-0.15, -0.1) is 0 Å². The minimum Gasteiger partial charge on any atom is -0.497 e. The van der Waals surface area contributed by atoms with E-state index in [1.807, 2.05) is 0 Å². The van der Waals surface area contributed by atoms with E-state index in [1.54, 1.807) is 24.3 Å². The van der Waals surface area contributed by atoms with Crippen LogP contribution < -0.4 is 20.9 Å². The zero-order chi connectivity index (χ0) is 18.1. The molecule has 0 fully saturated rings. The number of benzene rings is 2. The molecule has 8 heteroatoms. The first-order valence-electron chi connectivity index (χ1n) is 7.27. The number of aromatic nitrogens is 2. The van der Waals surface area contributed by atoms with Crippen molar-refractivity contribution in [2.24, 2.45) is 0 Å². The standard InChI is InChI=1S/C17H16N4O4/c1-24-9-6-10(14(25-2)12(7-9)16(22)23)8-3-4-13-11(5-8)15(18)21-17(19)20-13/h3-7H,1-2H3,(H,22,23)(H4,18,19,20,21). The molecule has 8 nitrogen and oxygen atoms in total. The maximum atomic E-state index is 11.5. The second-order valence-electron chi connectivity index (χ2n) is 5.26. The molecule has 0 bridgehead atoms. The average Bonchev–Trinajstić information content (AvgIpc) is 2.60. The highest BCUT2D eigenvalue weighted by Gasteiger charge is 2.19. The van der Waals surface area contributed by atoms with Crippen LogP contribution in [0.1, 0.15) is 10.4 Å². The number of anilines is 2. The highest BCUT2D eigenvalue weighted by molar-refractivity contribution is 5.97. The van der Waals surface area contributed by atoms with Crippen LogP contribution in [0.3, 0.4) is 0 Å². The molecule has 0 aliphatic rings. The second kappa shape index (κ2) is 6.16. The normalized spacial score (nSPS) is 10.6. The van der Waals surface area contributed by atoms with Crippen LogP contribution in [0.4, 0.5) is 11.8 Å². The zero-order valence-corrected chi connectivity index (χ0v) is 13.6. The Morgan fingerprint density at radius 3 is 2.48 bits per heavy atom. The molecule has 25 heavy (non-hydrogen) atoms. The molecule has 2 aromatic carbocycles. The highest BCUT2D eigenvalue weighted by Crippen LogP contribution is 2.38. The number of nitrogens with two attached hydrogens (primary N) is 2. The Kier molecular flexibility index (Phi) is 4.02. The van der Waals surface area contributed by atoms with E-state index >= 15 is 0 Å². The van der Waals surface area contributed by atoms with E-state index in [-0.39, 0.29) is 23.1 Å². The number of carboxylic acid groups (broad SMARTS) is 1. The Bertz CT molecular complexity index is 988. The maximum absolute atomic E-state index is 11.5. The highest BCUT2D eigenvalue weighted by atomic mass is 16.5. The maximum Gasteiger partial charge on any atom is 0.339 e. The number of aromatic carboxylic acids is 1. The van der Waals surface area contributed by atoms with Gasteiger partial charge in [-0.05, 0) is 29.8 Å². The summed E-state index contributed by atoms with van der Waals surface area (Å²) in [5.41, 5.74) is 13.4. The van der Waals surface area contributed by atoms with Gasteiger partial charge in [-0.2, -0.15) is 4.98 Å². The fourth-order valence-electron chi connectivity index (χ4n) is 2.65. The number of carboxylic acids is 1. The summed E-state index contributed by atoms with van der Waals surface area (Å²) in [6.45, 7) is 0. The molecule has 0 atom stereocenters. The summed E-state index contributed by atoms with van der Waals surface area (Å²) in [4.78, 5) is 19.6. The average molecular weight is 340 g/mol. The quantitative estimate of drug-likeness (QED) is 0.658. The first-order chi connectivity index (χ1) is 11.9. The SMILES string of the molecule is COc1cc(C(=O)O)c(OC)c(-c2ccc3nc(N)nc(N)c3c2)c1. The van der Waals surface area contributed by atoms with Crippen LogP contribution in [0.15, 0.2) is 30.3 Å². The van der Waals surface area contributed by atoms with Crippen molar-refractivity contribution in [2.75, 3.05) is 25.7 Å². The van der Waals surface area contributed by atoms with Crippen LogP contribution in [0, 0.1) is 0 Å². The van der Waals surface area contributed by atoms with Gasteiger partial charge in [0.2, 0.25) is 5.95 Å². The molecular formula is C17H16N4O4. The van der Waals surface area contributed by atoms with E-state index < -0.39 is 5.97 Å². The summed E-state index contributed by atoms with van der Waals surface area (Å²) >= 11 is 0. The summed E-state index contributed by atoms with van der Waals surface area (Å²) < 4.78 is 10.5. The van der Waals surface area contributed by atoms with Crippen molar-refractivity contribution >= 4 is 28.6 Å². The van der Waals surface area contributed by atoms with E-state index in [0.29, 0.717) is 27.8 Å². The number of fused-ring (bicyclic) bond motifs is 1. The van der Waals surface area contributed by atoms with Gasteiger partial charge in [0, 0.05) is 10.9 Å². The van der Waals surface area contributed by atoms with E-state index in [2.05, 4.69) is 9.97 Å². The predicted molar refractivity (Wildman–Crippen MR) is 93.9 cm³/mol. The molecule has 128 valence electrons. The minimum absolute atomic E-state index is 0.00141. The molecular weight excluding hydrogens is 324 g/mol. The van der Waals surface area contributed by atoms with E-state index in [4.69, 9.17) is 20.9 Å². The Balaban J connectivity index is 2.30. The fourth-order valence-corrected chi connectivity index (χ4v) is 2.65. The number of hydrogen-bond donors (Lipinski definition) is 3. The van der Waals surface area contributed by atoms with Crippen molar-refractivity contribution in [3.8, 4) is 22.6 Å². The lowest BCUT2D eigenvalue weighted by Gasteiger charge is -2.14. The van der Waals surface area contributed by atoms with Gasteiger partial charge >= 0.3 is 5.97 Å². The zero-order valence-electron chi connectivity index (χ0n) is 13.6. The van der Waals surface area contributed by atoms with E-state index in [0.717, 1.165) is 0 Å². The lowest BCUT2D eigenvalue weighted by Crippen LogP contribution is -2.03. The van der Waals surface area contributed by atoms with Crippen LogP contribution >= 0.6 is 0 Å². The third-order valence-electron chi connectivity index (χ3n) is 3.79. The molecule has 5 N–H and O–H groups in total. The Morgan fingerprint density at radius 2 is 1.84 bits per heavy atom. The Hall–Kier alpha value is -3.55. The van der Waals surface area contributed by atoms with Crippen LogP contribution in [-0.2, 0) is 0 Å². The molecule has 0 unspecified atom stereocenters. The van der Waals surface area contributed by atoms with Gasteiger partial charge in [-0.1, -0.05) is 6.07 Å². The van der Waals surface area contributed by atoms with Crippen molar-refractivity contribution < 1.29 is 19.4 Å². The molecule has 0 radical (unpaired) electrons. The van der Waals surface area contributed by atoms with Crippen molar-refractivity contribution in [3.05, 3.63) is 35.9 Å². The van der Waals surface area contributed by atoms with Crippen molar-refractivity contribution in [1.82, 2.24) is 9.97 Å². The van der Waals surface area contributed by atoms with Crippen LogP contribution in [0.25, 0.3) is 22.0 Å². The van der Waals surface area contributed by atoms with Gasteiger partial charge in [0.05, 0.1) is 19.7 Å². The Morgan fingerprint density at radius 1 is 1.08 bits per heavy atom. The van der Waals surface area contributed by atoms with Crippen LogP contribution in [0.2, 0.25) is 0 Å². The summed E-state index contributed by atoms with van der Waals surface area (Å²) in [5, 5.41) is 10.1. The molecule has 3 aromatic rings. The molecule has 0 aliphatic carbocycles.